The average Bonchev–Trinajstić information content (AvgIpc) is 2.85. The first kappa shape index (κ1) is 14.6. The first-order chi connectivity index (χ1) is 9.67. The number of para-hydroxylation sites is 1. The molecule has 4 heteroatoms. The van der Waals surface area contributed by atoms with Gasteiger partial charge in [0.1, 0.15) is 5.69 Å². The molecule has 20 heavy (non-hydrogen) atoms. The van der Waals surface area contributed by atoms with Gasteiger partial charge in [-0.3, -0.25) is 4.79 Å². The summed E-state index contributed by atoms with van der Waals surface area (Å²) in [5.41, 5.74) is 1.76. The number of hydrogen-bond acceptors (Lipinski definition) is 2. The van der Waals surface area contributed by atoms with Gasteiger partial charge in [0, 0.05) is 24.0 Å². The molecule has 0 radical (unpaired) electrons. The number of fused-ring (bicyclic) bond motifs is 1. The number of amides is 1. The van der Waals surface area contributed by atoms with Gasteiger partial charge in [-0.2, -0.15) is 0 Å². The number of aromatic nitrogens is 1. The van der Waals surface area contributed by atoms with E-state index in [-0.39, 0.29) is 12.0 Å². The van der Waals surface area contributed by atoms with Gasteiger partial charge < -0.3 is 15.0 Å². The van der Waals surface area contributed by atoms with Crippen molar-refractivity contribution in [1.29, 1.82) is 0 Å². The highest BCUT2D eigenvalue weighted by atomic mass is 16.3. The number of aliphatic hydroxyl groups excluding tert-OH is 1. The zero-order valence-corrected chi connectivity index (χ0v) is 12.1. The standard InChI is InChI=1S/C16H22N2O2/c1-3-13(19)9-10-17-16(20)15-11-12-7-5-6-8-14(12)18(15)4-2/h5-8,11,13,19H,3-4,9-10H2,1-2H3,(H,17,20). The van der Waals surface area contributed by atoms with Crippen LogP contribution in [0.3, 0.4) is 0 Å². The van der Waals surface area contributed by atoms with Crippen LogP contribution in [0.25, 0.3) is 10.9 Å². The van der Waals surface area contributed by atoms with Gasteiger partial charge in [0.05, 0.1) is 6.10 Å². The zero-order valence-electron chi connectivity index (χ0n) is 12.1. The van der Waals surface area contributed by atoms with Gasteiger partial charge in [-0.25, -0.2) is 0 Å². The van der Waals surface area contributed by atoms with Crippen molar-refractivity contribution >= 4 is 16.8 Å². The first-order valence-electron chi connectivity index (χ1n) is 7.21. The Bertz CT molecular complexity index is 589. The van der Waals surface area contributed by atoms with Crippen molar-refractivity contribution in [2.45, 2.75) is 39.3 Å². The minimum Gasteiger partial charge on any atom is -0.393 e. The lowest BCUT2D eigenvalue weighted by Gasteiger charge is -2.10. The molecule has 0 aliphatic carbocycles. The Hall–Kier alpha value is -1.81. The molecule has 1 aromatic carbocycles. The molecule has 0 fully saturated rings. The van der Waals surface area contributed by atoms with E-state index < -0.39 is 0 Å². The predicted octanol–water partition coefficient (Wildman–Crippen LogP) is 2.55. The monoisotopic (exact) mass is 274 g/mol. The number of carbonyl (C=O) groups is 1. The lowest BCUT2D eigenvalue weighted by atomic mass is 10.2. The molecule has 1 unspecified atom stereocenters. The first-order valence-corrected chi connectivity index (χ1v) is 7.21. The van der Waals surface area contributed by atoms with E-state index in [2.05, 4.69) is 5.32 Å². The summed E-state index contributed by atoms with van der Waals surface area (Å²) in [6.45, 7) is 5.22. The summed E-state index contributed by atoms with van der Waals surface area (Å²) in [5.74, 6) is -0.0775. The van der Waals surface area contributed by atoms with Crippen LogP contribution in [-0.2, 0) is 6.54 Å². The molecule has 1 atom stereocenters. The second-order valence-electron chi connectivity index (χ2n) is 4.94. The topological polar surface area (TPSA) is 54.3 Å². The quantitative estimate of drug-likeness (QED) is 0.850. The molecule has 0 saturated heterocycles. The van der Waals surface area contributed by atoms with Crippen LogP contribution in [0.1, 0.15) is 37.2 Å². The molecular formula is C16H22N2O2. The number of benzene rings is 1. The van der Waals surface area contributed by atoms with Crippen molar-refractivity contribution in [3.63, 3.8) is 0 Å². The summed E-state index contributed by atoms with van der Waals surface area (Å²) in [6.07, 6.45) is 0.965. The Morgan fingerprint density at radius 2 is 2.10 bits per heavy atom. The van der Waals surface area contributed by atoms with Crippen molar-refractivity contribution in [3.8, 4) is 0 Å². The molecule has 1 aromatic heterocycles. The maximum atomic E-state index is 12.3. The van der Waals surface area contributed by atoms with Gasteiger partial charge in [0.25, 0.3) is 5.91 Å². The molecule has 108 valence electrons. The molecule has 4 nitrogen and oxygen atoms in total. The molecule has 0 aliphatic heterocycles. The number of rotatable bonds is 6. The lowest BCUT2D eigenvalue weighted by molar-refractivity contribution is 0.0933. The molecule has 1 heterocycles. The molecular weight excluding hydrogens is 252 g/mol. The summed E-state index contributed by atoms with van der Waals surface area (Å²) >= 11 is 0. The second-order valence-corrected chi connectivity index (χ2v) is 4.94. The van der Waals surface area contributed by atoms with Gasteiger partial charge in [-0.05, 0) is 31.9 Å². The Morgan fingerprint density at radius 3 is 2.80 bits per heavy atom. The molecule has 2 N–H and O–H groups in total. The third-order valence-electron chi connectivity index (χ3n) is 3.59. The lowest BCUT2D eigenvalue weighted by Crippen LogP contribution is -2.28. The maximum Gasteiger partial charge on any atom is 0.267 e. The number of nitrogens with zero attached hydrogens (tertiary/aromatic N) is 1. The van der Waals surface area contributed by atoms with Crippen LogP contribution < -0.4 is 5.32 Å². The normalized spacial score (nSPS) is 12.6. The van der Waals surface area contributed by atoms with Crippen LogP contribution in [0.4, 0.5) is 0 Å². The fourth-order valence-electron chi connectivity index (χ4n) is 2.39. The van der Waals surface area contributed by atoms with Crippen molar-refractivity contribution in [2.24, 2.45) is 0 Å². The number of aryl methyl sites for hydroxylation is 1. The fraction of sp³-hybridized carbons (Fsp3) is 0.438. The minimum atomic E-state index is -0.340. The second kappa shape index (κ2) is 6.57. The summed E-state index contributed by atoms with van der Waals surface area (Å²) in [7, 11) is 0. The Labute approximate surface area is 119 Å². The summed E-state index contributed by atoms with van der Waals surface area (Å²) in [5, 5.41) is 13.5. The number of hydrogen-bond donors (Lipinski definition) is 2. The van der Waals surface area contributed by atoms with Gasteiger partial charge in [-0.15, -0.1) is 0 Å². The largest absolute Gasteiger partial charge is 0.393 e. The van der Waals surface area contributed by atoms with Crippen molar-refractivity contribution in [1.82, 2.24) is 9.88 Å². The van der Waals surface area contributed by atoms with Crippen LogP contribution in [-0.4, -0.2) is 28.2 Å². The fourth-order valence-corrected chi connectivity index (χ4v) is 2.39. The van der Waals surface area contributed by atoms with E-state index in [0.717, 1.165) is 17.4 Å². The Balaban J connectivity index is 2.13. The van der Waals surface area contributed by atoms with E-state index in [4.69, 9.17) is 0 Å². The van der Waals surface area contributed by atoms with Crippen molar-refractivity contribution < 1.29 is 9.90 Å². The summed E-state index contributed by atoms with van der Waals surface area (Å²) in [4.78, 5) is 12.3. The van der Waals surface area contributed by atoms with Crippen LogP contribution >= 0.6 is 0 Å². The molecule has 1 amide bonds. The van der Waals surface area contributed by atoms with Gasteiger partial charge in [0.2, 0.25) is 0 Å². The highest BCUT2D eigenvalue weighted by molar-refractivity contribution is 5.98. The third kappa shape index (κ3) is 3.02. The van der Waals surface area contributed by atoms with Gasteiger partial charge >= 0.3 is 0 Å². The summed E-state index contributed by atoms with van der Waals surface area (Å²) in [6, 6.07) is 9.91. The SMILES string of the molecule is CCC(O)CCNC(=O)c1cc2ccccc2n1CC. The van der Waals surface area contributed by atoms with Crippen LogP contribution in [0, 0.1) is 0 Å². The van der Waals surface area contributed by atoms with Crippen LogP contribution in [0.15, 0.2) is 30.3 Å². The van der Waals surface area contributed by atoms with Crippen LogP contribution in [0.5, 0.6) is 0 Å². The zero-order chi connectivity index (χ0) is 14.5. The van der Waals surface area contributed by atoms with Gasteiger partial charge in [-0.1, -0.05) is 25.1 Å². The third-order valence-corrected chi connectivity index (χ3v) is 3.59. The molecule has 0 bridgehead atoms. The van der Waals surface area contributed by atoms with Crippen molar-refractivity contribution in [2.75, 3.05) is 6.54 Å². The maximum absolute atomic E-state index is 12.3. The Kier molecular flexibility index (Phi) is 4.79. The molecule has 2 aromatic rings. The highest BCUT2D eigenvalue weighted by Gasteiger charge is 2.14. The predicted molar refractivity (Wildman–Crippen MR) is 80.9 cm³/mol. The Morgan fingerprint density at radius 1 is 1.35 bits per heavy atom. The van der Waals surface area contributed by atoms with Gasteiger partial charge in [0.15, 0.2) is 0 Å². The molecule has 0 spiro atoms. The molecule has 0 aliphatic rings. The van der Waals surface area contributed by atoms with E-state index in [0.29, 0.717) is 25.1 Å². The summed E-state index contributed by atoms with van der Waals surface area (Å²) < 4.78 is 2.01. The van der Waals surface area contributed by atoms with E-state index >= 15 is 0 Å². The number of aliphatic hydroxyl groups is 1. The number of carbonyl (C=O) groups excluding carboxylic acids is 1. The molecule has 2 rings (SSSR count). The van der Waals surface area contributed by atoms with E-state index in [1.165, 1.54) is 0 Å². The highest BCUT2D eigenvalue weighted by Crippen LogP contribution is 2.19. The van der Waals surface area contributed by atoms with Crippen molar-refractivity contribution in [3.05, 3.63) is 36.0 Å². The number of nitrogens with one attached hydrogen (secondary N) is 1. The molecule has 0 saturated carbocycles. The van der Waals surface area contributed by atoms with Crippen LogP contribution in [0.2, 0.25) is 0 Å². The van der Waals surface area contributed by atoms with E-state index in [1.54, 1.807) is 0 Å². The minimum absolute atomic E-state index is 0.0775. The van der Waals surface area contributed by atoms with E-state index in [9.17, 15) is 9.90 Å². The smallest absolute Gasteiger partial charge is 0.267 e. The van der Waals surface area contributed by atoms with E-state index in [1.807, 2.05) is 48.7 Å². The average molecular weight is 274 g/mol.